The molecule has 0 saturated heterocycles. The van der Waals surface area contributed by atoms with E-state index in [0.717, 1.165) is 0 Å². The Labute approximate surface area is 130 Å². The lowest BCUT2D eigenvalue weighted by Gasteiger charge is -2.24. The van der Waals surface area contributed by atoms with Crippen LogP contribution in [0.1, 0.15) is 30.6 Å². The van der Waals surface area contributed by atoms with Crippen molar-refractivity contribution in [3.63, 3.8) is 0 Å². The zero-order valence-corrected chi connectivity index (χ0v) is 13.2. The summed E-state index contributed by atoms with van der Waals surface area (Å²) in [6, 6.07) is 6.86. The summed E-state index contributed by atoms with van der Waals surface area (Å²) in [7, 11) is 1.49. The molecule has 1 rings (SSSR count). The van der Waals surface area contributed by atoms with Crippen LogP contribution >= 0.6 is 0 Å². The van der Waals surface area contributed by atoms with Crippen molar-refractivity contribution in [1.29, 1.82) is 0 Å². The van der Waals surface area contributed by atoms with Crippen molar-refractivity contribution >= 4 is 11.9 Å². The first-order chi connectivity index (χ1) is 10.5. The molecule has 6 heteroatoms. The first kappa shape index (κ1) is 18.0. The number of carbonyl (C=O) groups is 2. The van der Waals surface area contributed by atoms with Crippen molar-refractivity contribution < 1.29 is 24.2 Å². The van der Waals surface area contributed by atoms with Gasteiger partial charge in [0.15, 0.2) is 0 Å². The number of benzene rings is 1. The number of para-hydroxylation sites is 1. The Morgan fingerprint density at radius 3 is 2.59 bits per heavy atom. The molecule has 0 aliphatic rings. The predicted octanol–water partition coefficient (Wildman–Crippen LogP) is 1.47. The van der Waals surface area contributed by atoms with Crippen LogP contribution in [0, 0.1) is 0 Å². The van der Waals surface area contributed by atoms with E-state index < -0.39 is 6.10 Å². The first-order valence-corrected chi connectivity index (χ1v) is 7.25. The molecular weight excluding hydrogens is 286 g/mol. The molecule has 0 heterocycles. The summed E-state index contributed by atoms with van der Waals surface area (Å²) in [6.45, 7) is 3.94. The molecule has 0 bridgehead atoms. The summed E-state index contributed by atoms with van der Waals surface area (Å²) in [5, 5.41) is 9.57. The van der Waals surface area contributed by atoms with Crippen molar-refractivity contribution in [3.05, 3.63) is 29.8 Å². The third-order valence-corrected chi connectivity index (χ3v) is 3.00. The topological polar surface area (TPSA) is 76.1 Å². The molecule has 1 unspecified atom stereocenters. The lowest BCUT2D eigenvalue weighted by atomic mass is 10.1. The zero-order chi connectivity index (χ0) is 16.5. The molecule has 1 atom stereocenters. The van der Waals surface area contributed by atoms with Crippen molar-refractivity contribution in [2.75, 3.05) is 26.8 Å². The lowest BCUT2D eigenvalue weighted by Crippen LogP contribution is -2.38. The van der Waals surface area contributed by atoms with E-state index in [0.29, 0.717) is 17.9 Å². The molecule has 22 heavy (non-hydrogen) atoms. The first-order valence-electron chi connectivity index (χ1n) is 7.25. The minimum atomic E-state index is -0.694. The highest BCUT2D eigenvalue weighted by molar-refractivity contribution is 5.97. The van der Waals surface area contributed by atoms with Gasteiger partial charge in [0, 0.05) is 13.1 Å². The van der Waals surface area contributed by atoms with E-state index in [9.17, 15) is 14.7 Å². The molecule has 0 saturated carbocycles. The fraction of sp³-hybridized carbons (Fsp3) is 0.500. The van der Waals surface area contributed by atoms with E-state index in [1.165, 1.54) is 12.0 Å². The molecule has 0 aliphatic heterocycles. The zero-order valence-electron chi connectivity index (χ0n) is 13.2. The summed E-state index contributed by atoms with van der Waals surface area (Å²) in [5.41, 5.74) is 0.398. The van der Waals surface area contributed by atoms with Crippen LogP contribution in [0.3, 0.4) is 0 Å². The molecule has 0 aliphatic carbocycles. The third kappa shape index (κ3) is 5.37. The summed E-state index contributed by atoms with van der Waals surface area (Å²) in [4.78, 5) is 25.5. The van der Waals surface area contributed by atoms with E-state index >= 15 is 0 Å². The highest BCUT2D eigenvalue weighted by atomic mass is 16.5. The lowest BCUT2D eigenvalue weighted by molar-refractivity contribution is -0.143. The largest absolute Gasteiger partial charge is 0.496 e. The summed E-state index contributed by atoms with van der Waals surface area (Å²) >= 11 is 0. The molecule has 1 aromatic carbocycles. The van der Waals surface area contributed by atoms with Gasteiger partial charge in [-0.1, -0.05) is 12.1 Å². The summed E-state index contributed by atoms with van der Waals surface area (Å²) in [5.74, 6) is -0.201. The van der Waals surface area contributed by atoms with Gasteiger partial charge < -0.3 is 19.5 Å². The maximum atomic E-state index is 12.6. The van der Waals surface area contributed by atoms with Gasteiger partial charge in [-0.05, 0) is 26.0 Å². The summed E-state index contributed by atoms with van der Waals surface area (Å²) < 4.78 is 10.0. The number of methoxy groups -OCH3 is 1. The average molecular weight is 309 g/mol. The molecule has 0 spiro atoms. The van der Waals surface area contributed by atoms with Crippen LogP contribution < -0.4 is 4.74 Å². The number of hydrogen-bond acceptors (Lipinski definition) is 5. The summed E-state index contributed by atoms with van der Waals surface area (Å²) in [6.07, 6.45) is -0.609. The smallest absolute Gasteiger partial charge is 0.307 e. The minimum Gasteiger partial charge on any atom is -0.496 e. The Morgan fingerprint density at radius 2 is 2.00 bits per heavy atom. The van der Waals surface area contributed by atoms with Gasteiger partial charge in [0.1, 0.15) is 5.75 Å². The Balaban J connectivity index is 2.86. The second-order valence-corrected chi connectivity index (χ2v) is 4.86. The fourth-order valence-electron chi connectivity index (χ4n) is 2.05. The van der Waals surface area contributed by atoms with Crippen molar-refractivity contribution in [3.8, 4) is 5.75 Å². The van der Waals surface area contributed by atoms with Crippen LogP contribution in [-0.4, -0.2) is 54.8 Å². The number of ether oxygens (including phenoxy) is 2. The molecule has 1 amide bonds. The standard InChI is InChI=1S/C16H23NO5/c1-4-22-15(19)9-10-17(11-12(2)18)16(20)13-7-5-6-8-14(13)21-3/h5-8,12,18H,4,9-11H2,1-3H3. The number of carbonyl (C=O) groups excluding carboxylic acids is 2. The Bertz CT molecular complexity index is 501. The van der Waals surface area contributed by atoms with Gasteiger partial charge in [0.2, 0.25) is 0 Å². The normalized spacial score (nSPS) is 11.6. The van der Waals surface area contributed by atoms with Crippen LogP contribution in [0.2, 0.25) is 0 Å². The number of rotatable bonds is 8. The number of esters is 1. The fourth-order valence-corrected chi connectivity index (χ4v) is 2.05. The second-order valence-electron chi connectivity index (χ2n) is 4.86. The quantitative estimate of drug-likeness (QED) is 0.736. The van der Waals surface area contributed by atoms with Crippen LogP contribution in [-0.2, 0) is 9.53 Å². The monoisotopic (exact) mass is 309 g/mol. The molecule has 6 nitrogen and oxygen atoms in total. The molecule has 0 fully saturated rings. The number of aliphatic hydroxyl groups excluding tert-OH is 1. The highest BCUT2D eigenvalue weighted by Gasteiger charge is 2.21. The molecule has 1 aromatic rings. The van der Waals surface area contributed by atoms with E-state index in [-0.39, 0.29) is 31.4 Å². The van der Waals surface area contributed by atoms with Crippen molar-refractivity contribution in [1.82, 2.24) is 4.90 Å². The molecular formula is C16H23NO5. The number of nitrogens with zero attached hydrogens (tertiary/aromatic N) is 1. The van der Waals surface area contributed by atoms with Gasteiger partial charge in [-0.3, -0.25) is 9.59 Å². The van der Waals surface area contributed by atoms with Gasteiger partial charge in [0.05, 0.1) is 31.8 Å². The van der Waals surface area contributed by atoms with E-state index in [4.69, 9.17) is 9.47 Å². The molecule has 122 valence electrons. The van der Waals surface area contributed by atoms with Crippen molar-refractivity contribution in [2.45, 2.75) is 26.4 Å². The maximum Gasteiger partial charge on any atom is 0.307 e. The van der Waals surface area contributed by atoms with Gasteiger partial charge in [-0.2, -0.15) is 0 Å². The highest BCUT2D eigenvalue weighted by Crippen LogP contribution is 2.19. The Hall–Kier alpha value is -2.08. The van der Waals surface area contributed by atoms with Gasteiger partial charge >= 0.3 is 5.97 Å². The molecule has 1 N–H and O–H groups in total. The number of hydrogen-bond donors (Lipinski definition) is 1. The molecule has 0 aromatic heterocycles. The Morgan fingerprint density at radius 1 is 1.32 bits per heavy atom. The third-order valence-electron chi connectivity index (χ3n) is 3.00. The second kappa shape index (κ2) is 9.04. The van der Waals surface area contributed by atoms with Crippen LogP contribution in [0.15, 0.2) is 24.3 Å². The van der Waals surface area contributed by atoms with Crippen molar-refractivity contribution in [2.24, 2.45) is 0 Å². The minimum absolute atomic E-state index is 0.0848. The predicted molar refractivity (Wildman–Crippen MR) is 81.8 cm³/mol. The van der Waals surface area contributed by atoms with Gasteiger partial charge in [-0.25, -0.2) is 0 Å². The number of amides is 1. The van der Waals surface area contributed by atoms with Crippen LogP contribution in [0.4, 0.5) is 0 Å². The Kier molecular flexibility index (Phi) is 7.39. The van der Waals surface area contributed by atoms with E-state index in [2.05, 4.69) is 0 Å². The van der Waals surface area contributed by atoms with E-state index in [1.54, 1.807) is 38.1 Å². The van der Waals surface area contributed by atoms with Gasteiger partial charge in [0.25, 0.3) is 5.91 Å². The SMILES string of the molecule is CCOC(=O)CCN(CC(C)O)C(=O)c1ccccc1OC. The maximum absolute atomic E-state index is 12.6. The average Bonchev–Trinajstić information content (AvgIpc) is 2.50. The van der Waals surface area contributed by atoms with Crippen LogP contribution in [0.5, 0.6) is 5.75 Å². The van der Waals surface area contributed by atoms with E-state index in [1.807, 2.05) is 0 Å². The van der Waals surface area contributed by atoms with Gasteiger partial charge in [-0.15, -0.1) is 0 Å². The molecule has 0 radical (unpaired) electrons. The van der Waals surface area contributed by atoms with Crippen LogP contribution in [0.25, 0.3) is 0 Å². The number of aliphatic hydroxyl groups is 1.